The number of primary amides is 1. The lowest BCUT2D eigenvalue weighted by atomic mass is 9.86. The smallest absolute Gasteiger partial charge is 0.241 e. The minimum absolute atomic E-state index is 0.109. The van der Waals surface area contributed by atoms with E-state index in [1.54, 1.807) is 6.08 Å². The maximum absolute atomic E-state index is 10.9. The van der Waals surface area contributed by atoms with Crippen molar-refractivity contribution >= 4 is 11.5 Å². The van der Waals surface area contributed by atoms with Gasteiger partial charge in [-0.2, -0.15) is 0 Å². The van der Waals surface area contributed by atoms with Crippen LogP contribution in [-0.2, 0) is 10.2 Å². The number of carbonyl (C=O) groups excluding carboxylic acids is 1. The van der Waals surface area contributed by atoms with Crippen LogP contribution in [0.5, 0.6) is 0 Å². The highest BCUT2D eigenvalue weighted by Crippen LogP contribution is 2.44. The molecule has 0 unspecified atom stereocenters. The molecule has 0 aromatic heterocycles. The molecule has 0 spiro atoms. The zero-order valence-corrected chi connectivity index (χ0v) is 9.08. The van der Waals surface area contributed by atoms with E-state index in [0.717, 1.165) is 12.0 Å². The first-order valence-electron chi connectivity index (χ1n) is 5.10. The summed E-state index contributed by atoms with van der Waals surface area (Å²) < 4.78 is 0. The molecule has 78 valence electrons. The summed E-state index contributed by atoms with van der Waals surface area (Å²) in [4.78, 5) is 10.9. The monoisotopic (exact) mass is 201 g/mol. The third kappa shape index (κ3) is 1.67. The molecule has 0 heterocycles. The predicted molar refractivity (Wildman–Crippen MR) is 61.3 cm³/mol. The van der Waals surface area contributed by atoms with Crippen molar-refractivity contribution < 1.29 is 4.79 Å². The van der Waals surface area contributed by atoms with Gasteiger partial charge in [0.05, 0.1) is 0 Å². The minimum atomic E-state index is -0.363. The molecule has 2 rings (SSSR count). The van der Waals surface area contributed by atoms with Crippen molar-refractivity contribution in [1.29, 1.82) is 0 Å². The third-order valence-corrected chi connectivity index (χ3v) is 2.95. The van der Waals surface area contributed by atoms with Gasteiger partial charge in [-0.05, 0) is 28.5 Å². The number of nitrogens with two attached hydrogens (primary N) is 1. The van der Waals surface area contributed by atoms with Crippen LogP contribution < -0.4 is 5.73 Å². The largest absolute Gasteiger partial charge is 0.366 e. The van der Waals surface area contributed by atoms with E-state index in [1.165, 1.54) is 11.1 Å². The standard InChI is InChI=1S/C13H15NO/c1-13(2)8-9(7-12(14)15)10-5-3-4-6-11(10)13/h3-7H,8H2,1-2H3,(H2,14,15). The number of hydrogen-bond donors (Lipinski definition) is 1. The van der Waals surface area contributed by atoms with Gasteiger partial charge in [-0.1, -0.05) is 38.1 Å². The van der Waals surface area contributed by atoms with Crippen LogP contribution in [-0.4, -0.2) is 5.91 Å². The van der Waals surface area contributed by atoms with Crippen molar-refractivity contribution in [3.05, 3.63) is 41.5 Å². The SMILES string of the molecule is CC1(C)CC(=CC(N)=O)c2ccccc21. The molecular formula is C13H15NO. The summed E-state index contributed by atoms with van der Waals surface area (Å²) in [5, 5.41) is 0. The molecule has 2 N–H and O–H groups in total. The van der Waals surface area contributed by atoms with Crippen LogP contribution in [0.3, 0.4) is 0 Å². The fourth-order valence-corrected chi connectivity index (χ4v) is 2.32. The van der Waals surface area contributed by atoms with E-state index in [0.29, 0.717) is 0 Å². The van der Waals surface area contributed by atoms with Crippen LogP contribution in [0.1, 0.15) is 31.4 Å². The second kappa shape index (κ2) is 3.23. The summed E-state index contributed by atoms with van der Waals surface area (Å²) in [5.74, 6) is -0.363. The lowest BCUT2D eigenvalue weighted by Crippen LogP contribution is -2.11. The third-order valence-electron chi connectivity index (χ3n) is 2.95. The van der Waals surface area contributed by atoms with Gasteiger partial charge < -0.3 is 5.73 Å². The van der Waals surface area contributed by atoms with Gasteiger partial charge in [0.2, 0.25) is 5.91 Å². The highest BCUT2D eigenvalue weighted by Gasteiger charge is 2.32. The lowest BCUT2D eigenvalue weighted by molar-refractivity contribution is -0.113. The van der Waals surface area contributed by atoms with Crippen LogP contribution in [0.25, 0.3) is 5.57 Å². The van der Waals surface area contributed by atoms with E-state index in [-0.39, 0.29) is 11.3 Å². The molecule has 1 aliphatic rings. The first-order valence-corrected chi connectivity index (χ1v) is 5.10. The molecule has 0 aliphatic heterocycles. The van der Waals surface area contributed by atoms with E-state index < -0.39 is 0 Å². The van der Waals surface area contributed by atoms with Crippen LogP contribution in [0.2, 0.25) is 0 Å². The van der Waals surface area contributed by atoms with E-state index in [9.17, 15) is 4.79 Å². The molecule has 1 aromatic carbocycles. The minimum Gasteiger partial charge on any atom is -0.366 e. The van der Waals surface area contributed by atoms with Crippen molar-refractivity contribution in [3.63, 3.8) is 0 Å². The van der Waals surface area contributed by atoms with Crippen LogP contribution in [0.15, 0.2) is 30.3 Å². The summed E-state index contributed by atoms with van der Waals surface area (Å²) in [6.07, 6.45) is 2.43. The Kier molecular flexibility index (Phi) is 2.14. The number of carbonyl (C=O) groups is 1. The van der Waals surface area contributed by atoms with Gasteiger partial charge in [-0.15, -0.1) is 0 Å². The molecule has 2 heteroatoms. The summed E-state index contributed by atoms with van der Waals surface area (Å²) >= 11 is 0. The predicted octanol–water partition coefficient (Wildman–Crippen LogP) is 2.24. The highest BCUT2D eigenvalue weighted by molar-refractivity contribution is 5.95. The van der Waals surface area contributed by atoms with Crippen molar-refractivity contribution in [1.82, 2.24) is 0 Å². The maximum atomic E-state index is 10.9. The quantitative estimate of drug-likeness (QED) is 0.696. The highest BCUT2D eigenvalue weighted by atomic mass is 16.1. The van der Waals surface area contributed by atoms with E-state index in [1.807, 2.05) is 12.1 Å². The zero-order valence-electron chi connectivity index (χ0n) is 9.08. The van der Waals surface area contributed by atoms with Gasteiger partial charge in [-0.25, -0.2) is 0 Å². The number of benzene rings is 1. The number of rotatable bonds is 1. The Morgan fingerprint density at radius 1 is 1.40 bits per heavy atom. The zero-order chi connectivity index (χ0) is 11.1. The maximum Gasteiger partial charge on any atom is 0.241 e. The van der Waals surface area contributed by atoms with Crippen molar-refractivity contribution in [3.8, 4) is 0 Å². The number of amides is 1. The van der Waals surface area contributed by atoms with Gasteiger partial charge in [0.15, 0.2) is 0 Å². The van der Waals surface area contributed by atoms with Gasteiger partial charge in [-0.3, -0.25) is 4.79 Å². The molecule has 1 aromatic rings. The van der Waals surface area contributed by atoms with Gasteiger partial charge >= 0.3 is 0 Å². The van der Waals surface area contributed by atoms with Crippen LogP contribution >= 0.6 is 0 Å². The normalized spacial score (nSPS) is 20.3. The topological polar surface area (TPSA) is 43.1 Å². The van der Waals surface area contributed by atoms with Crippen molar-refractivity contribution in [2.75, 3.05) is 0 Å². The molecule has 1 amide bonds. The number of allylic oxidation sites excluding steroid dienone is 1. The molecule has 0 fully saturated rings. The Morgan fingerprint density at radius 3 is 2.73 bits per heavy atom. The van der Waals surface area contributed by atoms with Gasteiger partial charge in [0, 0.05) is 6.08 Å². The average Bonchev–Trinajstić information content (AvgIpc) is 2.39. The Hall–Kier alpha value is -1.57. The summed E-state index contributed by atoms with van der Waals surface area (Å²) in [6, 6.07) is 8.21. The molecule has 1 aliphatic carbocycles. The van der Waals surface area contributed by atoms with Crippen molar-refractivity contribution in [2.24, 2.45) is 5.73 Å². The molecule has 2 nitrogen and oxygen atoms in total. The number of hydrogen-bond acceptors (Lipinski definition) is 1. The molecule has 0 atom stereocenters. The molecular weight excluding hydrogens is 186 g/mol. The average molecular weight is 201 g/mol. The fourth-order valence-electron chi connectivity index (χ4n) is 2.32. The Balaban J connectivity index is 2.57. The molecule has 15 heavy (non-hydrogen) atoms. The van der Waals surface area contributed by atoms with Gasteiger partial charge in [0.1, 0.15) is 0 Å². The lowest BCUT2D eigenvalue weighted by Gasteiger charge is -2.17. The summed E-state index contributed by atoms with van der Waals surface area (Å²) in [6.45, 7) is 4.38. The fraction of sp³-hybridized carbons (Fsp3) is 0.308. The van der Waals surface area contributed by atoms with Crippen LogP contribution in [0, 0.1) is 0 Å². The Morgan fingerprint density at radius 2 is 2.07 bits per heavy atom. The van der Waals surface area contributed by atoms with Crippen molar-refractivity contribution in [2.45, 2.75) is 25.7 Å². The molecule has 0 saturated carbocycles. The first kappa shape index (κ1) is 9.97. The van der Waals surface area contributed by atoms with E-state index in [2.05, 4.69) is 26.0 Å². The number of fused-ring (bicyclic) bond motifs is 1. The molecule has 0 radical (unpaired) electrons. The van der Waals surface area contributed by atoms with Gasteiger partial charge in [0.25, 0.3) is 0 Å². The van der Waals surface area contributed by atoms with E-state index in [4.69, 9.17) is 5.73 Å². The Bertz CT molecular complexity index is 444. The first-order chi connectivity index (χ1) is 7.00. The van der Waals surface area contributed by atoms with E-state index >= 15 is 0 Å². The second-order valence-corrected chi connectivity index (χ2v) is 4.68. The Labute approximate surface area is 89.8 Å². The second-order valence-electron chi connectivity index (χ2n) is 4.68. The van der Waals surface area contributed by atoms with Crippen LogP contribution in [0.4, 0.5) is 0 Å². The summed E-state index contributed by atoms with van der Waals surface area (Å²) in [5.41, 5.74) is 8.84. The molecule has 0 saturated heterocycles. The molecule has 0 bridgehead atoms. The summed E-state index contributed by atoms with van der Waals surface area (Å²) in [7, 11) is 0.